The Morgan fingerprint density at radius 3 is 2.70 bits per heavy atom. The van der Waals surface area contributed by atoms with Gasteiger partial charge in [-0.25, -0.2) is 0 Å². The Morgan fingerprint density at radius 2 is 2.15 bits per heavy atom. The van der Waals surface area contributed by atoms with Crippen LogP contribution in [0.15, 0.2) is 17.5 Å². The average molecular weight is 295 g/mol. The lowest BCUT2D eigenvalue weighted by atomic mass is 9.86. The number of nitrogens with zero attached hydrogens (tertiary/aromatic N) is 1. The van der Waals surface area contributed by atoms with Gasteiger partial charge in [0.15, 0.2) is 0 Å². The van der Waals surface area contributed by atoms with E-state index in [-0.39, 0.29) is 11.0 Å². The summed E-state index contributed by atoms with van der Waals surface area (Å²) in [4.78, 5) is 4.21. The molecule has 0 aliphatic carbocycles. The van der Waals surface area contributed by atoms with E-state index in [1.54, 1.807) is 0 Å². The Balaban J connectivity index is 2.15. The molecule has 0 spiro atoms. The lowest BCUT2D eigenvalue weighted by Crippen LogP contribution is -2.64. The minimum absolute atomic E-state index is 0.219. The maximum atomic E-state index is 3.70. The second kappa shape index (κ2) is 5.78. The summed E-state index contributed by atoms with van der Waals surface area (Å²) in [5, 5.41) is 5.89. The maximum absolute atomic E-state index is 3.70. The SMILES string of the molecule is CC(C)C1CNC(C)(C)CN1CC(C)(C)c1cccs1. The highest BCUT2D eigenvalue weighted by molar-refractivity contribution is 7.10. The molecule has 0 aromatic carbocycles. The zero-order chi connectivity index (χ0) is 15.0. The van der Waals surface area contributed by atoms with Crippen molar-refractivity contribution in [3.05, 3.63) is 22.4 Å². The van der Waals surface area contributed by atoms with Gasteiger partial charge in [-0.1, -0.05) is 33.8 Å². The highest BCUT2D eigenvalue weighted by Crippen LogP contribution is 2.31. The summed E-state index contributed by atoms with van der Waals surface area (Å²) in [6.07, 6.45) is 0. The van der Waals surface area contributed by atoms with Crippen LogP contribution in [-0.4, -0.2) is 36.1 Å². The van der Waals surface area contributed by atoms with Gasteiger partial charge < -0.3 is 5.32 Å². The Bertz CT molecular complexity index is 420. The smallest absolute Gasteiger partial charge is 0.0252 e. The van der Waals surface area contributed by atoms with Crippen molar-refractivity contribution in [2.75, 3.05) is 19.6 Å². The van der Waals surface area contributed by atoms with Crippen molar-refractivity contribution < 1.29 is 0 Å². The molecule has 0 saturated carbocycles. The van der Waals surface area contributed by atoms with Gasteiger partial charge in [-0.3, -0.25) is 4.90 Å². The first-order valence-corrected chi connectivity index (χ1v) is 8.62. The van der Waals surface area contributed by atoms with Crippen LogP contribution in [0, 0.1) is 5.92 Å². The molecule has 0 radical (unpaired) electrons. The largest absolute Gasteiger partial charge is 0.309 e. The molecule has 20 heavy (non-hydrogen) atoms. The molecule has 1 aliphatic rings. The molecule has 2 rings (SSSR count). The van der Waals surface area contributed by atoms with E-state index in [9.17, 15) is 0 Å². The highest BCUT2D eigenvalue weighted by Gasteiger charge is 2.37. The van der Waals surface area contributed by atoms with Crippen molar-refractivity contribution >= 4 is 11.3 Å². The standard InChI is InChI=1S/C17H30N2S/c1-13(2)14-10-18-17(5,6)12-19(14)11-16(3,4)15-8-7-9-20-15/h7-9,13-14,18H,10-12H2,1-6H3. The topological polar surface area (TPSA) is 15.3 Å². The molecule has 1 aromatic heterocycles. The molecule has 1 saturated heterocycles. The van der Waals surface area contributed by atoms with Crippen LogP contribution in [0.5, 0.6) is 0 Å². The number of thiophene rings is 1. The molecule has 1 unspecified atom stereocenters. The summed E-state index contributed by atoms with van der Waals surface area (Å²) >= 11 is 1.89. The predicted octanol–water partition coefficient (Wildman–Crippen LogP) is 3.73. The van der Waals surface area contributed by atoms with Crippen molar-refractivity contribution in [2.45, 2.75) is 58.5 Å². The van der Waals surface area contributed by atoms with Gasteiger partial charge in [-0.15, -0.1) is 11.3 Å². The van der Waals surface area contributed by atoms with Crippen LogP contribution in [0.25, 0.3) is 0 Å². The number of piperazine rings is 1. The van der Waals surface area contributed by atoms with Crippen LogP contribution in [0.1, 0.15) is 46.4 Å². The number of hydrogen-bond donors (Lipinski definition) is 1. The maximum Gasteiger partial charge on any atom is 0.0252 e. The van der Waals surface area contributed by atoms with Gasteiger partial charge in [0.1, 0.15) is 0 Å². The van der Waals surface area contributed by atoms with Crippen LogP contribution < -0.4 is 5.32 Å². The second-order valence-corrected chi connectivity index (χ2v) is 8.79. The van der Waals surface area contributed by atoms with Gasteiger partial charge in [0.25, 0.3) is 0 Å². The Hall–Kier alpha value is -0.380. The summed E-state index contributed by atoms with van der Waals surface area (Å²) in [7, 11) is 0. The third-order valence-electron chi connectivity index (χ3n) is 4.41. The third kappa shape index (κ3) is 3.63. The molecule has 0 amide bonds. The zero-order valence-corrected chi connectivity index (χ0v) is 14.7. The molecule has 2 heterocycles. The average Bonchev–Trinajstić information content (AvgIpc) is 2.80. The van der Waals surface area contributed by atoms with Crippen LogP contribution in [0.3, 0.4) is 0 Å². The van der Waals surface area contributed by atoms with Crippen molar-refractivity contribution in [3.8, 4) is 0 Å². The number of nitrogens with one attached hydrogen (secondary N) is 1. The van der Waals surface area contributed by atoms with Crippen LogP contribution in [-0.2, 0) is 5.41 Å². The molecule has 1 atom stereocenters. The quantitative estimate of drug-likeness (QED) is 0.910. The third-order valence-corrected chi connectivity index (χ3v) is 5.65. The summed E-state index contributed by atoms with van der Waals surface area (Å²) in [6.45, 7) is 17.4. The fourth-order valence-corrected chi connectivity index (χ4v) is 4.12. The van der Waals surface area contributed by atoms with Gasteiger partial charge in [0, 0.05) is 41.5 Å². The Kier molecular flexibility index (Phi) is 4.63. The predicted molar refractivity (Wildman–Crippen MR) is 89.6 cm³/mol. The van der Waals surface area contributed by atoms with Crippen molar-refractivity contribution in [1.29, 1.82) is 0 Å². The fraction of sp³-hybridized carbons (Fsp3) is 0.765. The van der Waals surface area contributed by atoms with Crippen molar-refractivity contribution in [2.24, 2.45) is 5.92 Å². The Labute approximate surface area is 128 Å². The van der Waals surface area contributed by atoms with E-state index in [4.69, 9.17) is 0 Å². The van der Waals surface area contributed by atoms with E-state index >= 15 is 0 Å². The summed E-state index contributed by atoms with van der Waals surface area (Å²) in [5.74, 6) is 0.692. The van der Waals surface area contributed by atoms with E-state index in [2.05, 4.69) is 69.3 Å². The molecule has 1 N–H and O–H groups in total. The van der Waals surface area contributed by atoms with Crippen LogP contribution in [0.2, 0.25) is 0 Å². The van der Waals surface area contributed by atoms with Gasteiger partial charge >= 0.3 is 0 Å². The first-order valence-electron chi connectivity index (χ1n) is 7.74. The van der Waals surface area contributed by atoms with E-state index in [0.29, 0.717) is 12.0 Å². The van der Waals surface area contributed by atoms with Gasteiger partial charge in [0.05, 0.1) is 0 Å². The van der Waals surface area contributed by atoms with E-state index in [1.807, 2.05) is 11.3 Å². The molecule has 1 fully saturated rings. The molecular formula is C17H30N2S. The van der Waals surface area contributed by atoms with Gasteiger partial charge in [-0.05, 0) is 31.2 Å². The van der Waals surface area contributed by atoms with Crippen LogP contribution in [0.4, 0.5) is 0 Å². The molecule has 1 aliphatic heterocycles. The first-order chi connectivity index (χ1) is 9.21. The number of rotatable bonds is 4. The molecule has 2 nitrogen and oxygen atoms in total. The minimum Gasteiger partial charge on any atom is -0.309 e. The fourth-order valence-electron chi connectivity index (χ4n) is 3.27. The van der Waals surface area contributed by atoms with Gasteiger partial charge in [0.2, 0.25) is 0 Å². The normalized spacial score (nSPS) is 24.2. The van der Waals surface area contributed by atoms with E-state index < -0.39 is 0 Å². The van der Waals surface area contributed by atoms with Crippen LogP contribution >= 0.6 is 11.3 Å². The summed E-state index contributed by atoms with van der Waals surface area (Å²) < 4.78 is 0. The molecule has 3 heteroatoms. The highest BCUT2D eigenvalue weighted by atomic mass is 32.1. The molecule has 0 bridgehead atoms. The lowest BCUT2D eigenvalue weighted by molar-refractivity contribution is 0.0536. The second-order valence-electron chi connectivity index (χ2n) is 7.84. The molecule has 114 valence electrons. The van der Waals surface area contributed by atoms with E-state index in [1.165, 1.54) is 4.88 Å². The minimum atomic E-state index is 0.219. The monoisotopic (exact) mass is 294 g/mol. The molecule has 1 aromatic rings. The Morgan fingerprint density at radius 1 is 1.45 bits per heavy atom. The summed E-state index contributed by atoms with van der Waals surface area (Å²) in [5.41, 5.74) is 0.450. The lowest BCUT2D eigenvalue weighted by Gasteiger charge is -2.48. The first kappa shape index (κ1) is 16.0. The van der Waals surface area contributed by atoms with E-state index in [0.717, 1.165) is 19.6 Å². The van der Waals surface area contributed by atoms with Gasteiger partial charge in [-0.2, -0.15) is 0 Å². The van der Waals surface area contributed by atoms with Crippen molar-refractivity contribution in [3.63, 3.8) is 0 Å². The summed E-state index contributed by atoms with van der Waals surface area (Å²) in [6, 6.07) is 5.09. The van der Waals surface area contributed by atoms with Crippen molar-refractivity contribution in [1.82, 2.24) is 10.2 Å². The molecular weight excluding hydrogens is 264 g/mol. The zero-order valence-electron chi connectivity index (χ0n) is 13.9. The number of hydrogen-bond acceptors (Lipinski definition) is 3.